The highest BCUT2D eigenvalue weighted by molar-refractivity contribution is 8.00. The van der Waals surface area contributed by atoms with Gasteiger partial charge >= 0.3 is 0 Å². The standard InChI is InChI=1S/C23H23NO2S/c1-18-9-13-20(14-10-18)23(17-24(3)21-7-5-4-6-8-21)27(25,26)22-15-11-19(2)12-16-22/h4-17H,1-3H3/b23-17+. The average molecular weight is 378 g/mol. The maximum absolute atomic E-state index is 13.4. The zero-order valence-electron chi connectivity index (χ0n) is 15.8. The fourth-order valence-electron chi connectivity index (χ4n) is 2.77. The van der Waals surface area contributed by atoms with Crippen LogP contribution < -0.4 is 4.90 Å². The minimum atomic E-state index is -3.67. The topological polar surface area (TPSA) is 37.4 Å². The molecule has 0 atom stereocenters. The molecular formula is C23H23NO2S. The van der Waals surface area contributed by atoms with E-state index in [1.54, 1.807) is 18.3 Å². The summed E-state index contributed by atoms with van der Waals surface area (Å²) in [5.41, 5.74) is 3.70. The summed E-state index contributed by atoms with van der Waals surface area (Å²) < 4.78 is 26.8. The van der Waals surface area contributed by atoms with Crippen LogP contribution in [0.2, 0.25) is 0 Å². The number of anilines is 1. The molecule has 0 aliphatic heterocycles. The van der Waals surface area contributed by atoms with Crippen LogP contribution in [0.15, 0.2) is 90.0 Å². The molecule has 0 aromatic heterocycles. The van der Waals surface area contributed by atoms with E-state index in [1.807, 2.05) is 92.5 Å². The molecule has 4 heteroatoms. The fourth-order valence-corrected chi connectivity index (χ4v) is 4.27. The smallest absolute Gasteiger partial charge is 0.208 e. The van der Waals surface area contributed by atoms with Crippen molar-refractivity contribution in [2.45, 2.75) is 18.7 Å². The molecule has 0 bridgehead atoms. The van der Waals surface area contributed by atoms with E-state index in [1.165, 1.54) is 0 Å². The lowest BCUT2D eigenvalue weighted by Crippen LogP contribution is -2.13. The van der Waals surface area contributed by atoms with E-state index in [2.05, 4.69) is 0 Å². The molecule has 0 saturated carbocycles. The zero-order chi connectivity index (χ0) is 19.4. The lowest BCUT2D eigenvalue weighted by Gasteiger charge is -2.18. The Bertz CT molecular complexity index is 1040. The normalized spacial score (nSPS) is 12.0. The van der Waals surface area contributed by atoms with E-state index < -0.39 is 9.84 Å². The van der Waals surface area contributed by atoms with Gasteiger partial charge in [-0.25, -0.2) is 8.42 Å². The van der Waals surface area contributed by atoms with E-state index in [4.69, 9.17) is 0 Å². The molecule has 0 aliphatic rings. The number of benzene rings is 3. The Kier molecular flexibility index (Phi) is 5.47. The van der Waals surface area contributed by atoms with Crippen LogP contribution in [0.25, 0.3) is 4.91 Å². The number of hydrogen-bond acceptors (Lipinski definition) is 3. The van der Waals surface area contributed by atoms with Crippen molar-refractivity contribution in [3.8, 4) is 0 Å². The molecule has 0 radical (unpaired) electrons. The van der Waals surface area contributed by atoms with Crippen LogP contribution >= 0.6 is 0 Å². The molecule has 0 unspecified atom stereocenters. The number of para-hydroxylation sites is 1. The second-order valence-electron chi connectivity index (χ2n) is 6.62. The van der Waals surface area contributed by atoms with Crippen LogP contribution in [0.5, 0.6) is 0 Å². The van der Waals surface area contributed by atoms with Crippen LogP contribution in [-0.2, 0) is 9.84 Å². The molecule has 27 heavy (non-hydrogen) atoms. The van der Waals surface area contributed by atoms with Gasteiger partial charge in [0, 0.05) is 18.9 Å². The third-order valence-electron chi connectivity index (χ3n) is 4.43. The van der Waals surface area contributed by atoms with Crippen LogP contribution in [0.1, 0.15) is 16.7 Å². The Labute approximate surface area is 161 Å². The molecule has 0 saturated heterocycles. The van der Waals surface area contributed by atoms with Gasteiger partial charge in [-0.3, -0.25) is 0 Å². The van der Waals surface area contributed by atoms with E-state index >= 15 is 0 Å². The zero-order valence-corrected chi connectivity index (χ0v) is 16.6. The van der Waals surface area contributed by atoms with Gasteiger partial charge in [0.25, 0.3) is 0 Å². The maximum atomic E-state index is 13.4. The molecule has 0 heterocycles. The van der Waals surface area contributed by atoms with E-state index in [0.717, 1.165) is 16.8 Å². The summed E-state index contributed by atoms with van der Waals surface area (Å²) >= 11 is 0. The number of sulfone groups is 1. The first kappa shape index (κ1) is 18.9. The Balaban J connectivity index is 2.14. The largest absolute Gasteiger partial charge is 0.350 e. The second-order valence-corrected chi connectivity index (χ2v) is 8.54. The molecule has 3 aromatic carbocycles. The van der Waals surface area contributed by atoms with Gasteiger partial charge in [-0.15, -0.1) is 0 Å². The quantitative estimate of drug-likeness (QED) is 0.612. The Hall–Kier alpha value is -2.85. The summed E-state index contributed by atoms with van der Waals surface area (Å²) in [6, 6.07) is 24.2. The Morgan fingerprint density at radius 2 is 1.30 bits per heavy atom. The molecule has 0 spiro atoms. The van der Waals surface area contributed by atoms with Crippen LogP contribution in [0.3, 0.4) is 0 Å². The summed E-state index contributed by atoms with van der Waals surface area (Å²) in [7, 11) is -1.81. The van der Waals surface area contributed by atoms with Crippen molar-refractivity contribution in [1.29, 1.82) is 0 Å². The lowest BCUT2D eigenvalue weighted by molar-refractivity contribution is 0.605. The third kappa shape index (κ3) is 4.29. The third-order valence-corrected chi connectivity index (χ3v) is 6.24. The van der Waals surface area contributed by atoms with Gasteiger partial charge in [0.15, 0.2) is 0 Å². The first-order valence-electron chi connectivity index (χ1n) is 8.76. The molecule has 0 N–H and O–H groups in total. The highest BCUT2D eigenvalue weighted by Crippen LogP contribution is 2.29. The summed E-state index contributed by atoms with van der Waals surface area (Å²) in [6.45, 7) is 3.92. The van der Waals surface area contributed by atoms with Crippen molar-refractivity contribution >= 4 is 20.4 Å². The second kappa shape index (κ2) is 7.80. The molecule has 0 aliphatic carbocycles. The highest BCUT2D eigenvalue weighted by atomic mass is 32.2. The predicted molar refractivity (Wildman–Crippen MR) is 112 cm³/mol. The first-order chi connectivity index (χ1) is 12.9. The van der Waals surface area contributed by atoms with Crippen molar-refractivity contribution in [2.24, 2.45) is 0 Å². The SMILES string of the molecule is Cc1ccc(/C(=C\N(C)c2ccccc2)S(=O)(=O)c2ccc(C)cc2)cc1. The molecule has 0 fully saturated rings. The van der Waals surface area contributed by atoms with E-state index in [0.29, 0.717) is 10.5 Å². The van der Waals surface area contributed by atoms with Crippen molar-refractivity contribution in [3.05, 3.63) is 102 Å². The van der Waals surface area contributed by atoms with Crippen LogP contribution in [-0.4, -0.2) is 15.5 Å². The number of nitrogens with zero attached hydrogens (tertiary/aromatic N) is 1. The van der Waals surface area contributed by atoms with Gasteiger partial charge in [0.2, 0.25) is 9.84 Å². The maximum Gasteiger partial charge on any atom is 0.208 e. The van der Waals surface area contributed by atoms with Crippen LogP contribution in [0, 0.1) is 13.8 Å². The predicted octanol–water partition coefficient (Wildman–Crippen LogP) is 5.21. The van der Waals surface area contributed by atoms with Crippen molar-refractivity contribution in [3.63, 3.8) is 0 Å². The van der Waals surface area contributed by atoms with Gasteiger partial charge in [0.05, 0.1) is 9.80 Å². The van der Waals surface area contributed by atoms with Gasteiger partial charge in [0.1, 0.15) is 0 Å². The van der Waals surface area contributed by atoms with E-state index in [-0.39, 0.29) is 4.91 Å². The molecule has 3 rings (SSSR count). The van der Waals surface area contributed by atoms with Crippen molar-refractivity contribution in [2.75, 3.05) is 11.9 Å². The summed E-state index contributed by atoms with van der Waals surface area (Å²) in [5, 5.41) is 0. The highest BCUT2D eigenvalue weighted by Gasteiger charge is 2.23. The average Bonchev–Trinajstić information content (AvgIpc) is 2.68. The minimum absolute atomic E-state index is 0.276. The fraction of sp³-hybridized carbons (Fsp3) is 0.130. The molecular weight excluding hydrogens is 354 g/mol. The number of hydrogen-bond donors (Lipinski definition) is 0. The molecule has 3 nitrogen and oxygen atoms in total. The molecule has 138 valence electrons. The van der Waals surface area contributed by atoms with Gasteiger partial charge < -0.3 is 4.90 Å². The van der Waals surface area contributed by atoms with Gasteiger partial charge in [-0.2, -0.15) is 0 Å². The Morgan fingerprint density at radius 1 is 0.778 bits per heavy atom. The lowest BCUT2D eigenvalue weighted by atomic mass is 10.1. The minimum Gasteiger partial charge on any atom is -0.350 e. The molecule has 3 aromatic rings. The molecule has 0 amide bonds. The number of rotatable bonds is 5. The van der Waals surface area contributed by atoms with E-state index in [9.17, 15) is 8.42 Å². The first-order valence-corrected chi connectivity index (χ1v) is 10.2. The van der Waals surface area contributed by atoms with Gasteiger partial charge in [-0.1, -0.05) is 65.7 Å². The van der Waals surface area contributed by atoms with Crippen molar-refractivity contribution < 1.29 is 8.42 Å². The monoisotopic (exact) mass is 377 g/mol. The summed E-state index contributed by atoms with van der Waals surface area (Å²) in [6.07, 6.45) is 1.69. The van der Waals surface area contributed by atoms with Crippen LogP contribution in [0.4, 0.5) is 5.69 Å². The summed E-state index contributed by atoms with van der Waals surface area (Å²) in [4.78, 5) is 2.40. The Morgan fingerprint density at radius 3 is 1.85 bits per heavy atom. The van der Waals surface area contributed by atoms with Crippen molar-refractivity contribution in [1.82, 2.24) is 0 Å². The summed E-state index contributed by atoms with van der Waals surface area (Å²) in [5.74, 6) is 0. The van der Waals surface area contributed by atoms with Gasteiger partial charge in [-0.05, 0) is 43.7 Å². The number of aryl methyl sites for hydroxylation is 2.